The number of rotatable bonds is 6. The standard InChI is InChI=1S/C21H20N6O2S/c1-12-15(13(2)27-20(24-12)16(10-23-27)19(22)29)8-9-18(28)26-21-25-17(11-30-21)14-6-4-3-5-7-14/h3-7,10-11H,8-9H2,1-2H3,(H2,22,29)(H,25,26,28). The van der Waals surface area contributed by atoms with Gasteiger partial charge in [-0.2, -0.15) is 5.10 Å². The Labute approximate surface area is 176 Å². The second-order valence-electron chi connectivity index (χ2n) is 6.87. The van der Waals surface area contributed by atoms with Gasteiger partial charge < -0.3 is 11.1 Å². The van der Waals surface area contributed by atoms with Gasteiger partial charge in [0, 0.05) is 28.8 Å². The Balaban J connectivity index is 1.46. The van der Waals surface area contributed by atoms with Gasteiger partial charge in [0.1, 0.15) is 5.56 Å². The molecule has 4 rings (SSSR count). The molecule has 0 aliphatic rings. The largest absolute Gasteiger partial charge is 0.365 e. The van der Waals surface area contributed by atoms with Gasteiger partial charge in [-0.15, -0.1) is 11.3 Å². The van der Waals surface area contributed by atoms with Crippen LogP contribution in [0.4, 0.5) is 5.13 Å². The molecule has 9 heteroatoms. The quantitative estimate of drug-likeness (QED) is 0.497. The summed E-state index contributed by atoms with van der Waals surface area (Å²) in [7, 11) is 0. The van der Waals surface area contributed by atoms with Crippen molar-refractivity contribution in [3.8, 4) is 11.3 Å². The van der Waals surface area contributed by atoms with Crippen molar-refractivity contribution < 1.29 is 9.59 Å². The van der Waals surface area contributed by atoms with Gasteiger partial charge >= 0.3 is 0 Å². The molecule has 0 aliphatic carbocycles. The zero-order valence-electron chi connectivity index (χ0n) is 16.5. The fourth-order valence-corrected chi connectivity index (χ4v) is 4.08. The lowest BCUT2D eigenvalue weighted by atomic mass is 10.1. The predicted molar refractivity (Wildman–Crippen MR) is 115 cm³/mol. The number of fused-ring (bicyclic) bond motifs is 1. The van der Waals surface area contributed by atoms with Gasteiger partial charge in [-0.3, -0.25) is 9.59 Å². The fraction of sp³-hybridized carbons (Fsp3) is 0.190. The van der Waals surface area contributed by atoms with Gasteiger partial charge in [0.05, 0.1) is 11.9 Å². The second-order valence-corrected chi connectivity index (χ2v) is 7.73. The molecule has 2 amide bonds. The summed E-state index contributed by atoms with van der Waals surface area (Å²) < 4.78 is 1.59. The van der Waals surface area contributed by atoms with Crippen LogP contribution < -0.4 is 11.1 Å². The van der Waals surface area contributed by atoms with Crippen molar-refractivity contribution >= 4 is 33.9 Å². The second kappa shape index (κ2) is 8.03. The van der Waals surface area contributed by atoms with Crippen LogP contribution in [0.15, 0.2) is 41.9 Å². The zero-order chi connectivity index (χ0) is 21.3. The number of aromatic nitrogens is 4. The maximum Gasteiger partial charge on any atom is 0.254 e. The van der Waals surface area contributed by atoms with Crippen molar-refractivity contribution in [1.82, 2.24) is 19.6 Å². The van der Waals surface area contributed by atoms with Gasteiger partial charge in [0.15, 0.2) is 10.8 Å². The lowest BCUT2D eigenvalue weighted by Gasteiger charge is -2.11. The molecule has 0 unspecified atom stereocenters. The number of carbonyl (C=O) groups is 2. The number of hydrogen-bond acceptors (Lipinski definition) is 6. The minimum atomic E-state index is -0.568. The molecule has 1 aromatic carbocycles. The molecule has 0 bridgehead atoms. The molecule has 0 fully saturated rings. The van der Waals surface area contributed by atoms with E-state index in [1.54, 1.807) is 4.52 Å². The molecule has 152 valence electrons. The van der Waals surface area contributed by atoms with Crippen LogP contribution in [0.3, 0.4) is 0 Å². The van der Waals surface area contributed by atoms with Crippen molar-refractivity contribution in [3.63, 3.8) is 0 Å². The van der Waals surface area contributed by atoms with Crippen LogP contribution in [0.2, 0.25) is 0 Å². The number of carbonyl (C=O) groups excluding carboxylic acids is 2. The van der Waals surface area contributed by atoms with E-state index in [4.69, 9.17) is 5.73 Å². The van der Waals surface area contributed by atoms with E-state index in [-0.39, 0.29) is 17.9 Å². The van der Waals surface area contributed by atoms with E-state index in [1.165, 1.54) is 17.5 Å². The summed E-state index contributed by atoms with van der Waals surface area (Å²) in [4.78, 5) is 33.0. The molecule has 8 nitrogen and oxygen atoms in total. The van der Waals surface area contributed by atoms with Crippen LogP contribution in [-0.4, -0.2) is 31.4 Å². The van der Waals surface area contributed by atoms with Crippen LogP contribution in [0.25, 0.3) is 16.9 Å². The third kappa shape index (κ3) is 3.79. The maximum absolute atomic E-state index is 12.5. The van der Waals surface area contributed by atoms with E-state index in [0.717, 1.165) is 28.2 Å². The summed E-state index contributed by atoms with van der Waals surface area (Å²) in [5.41, 5.74) is 10.4. The molecular weight excluding hydrogens is 400 g/mol. The Kier molecular flexibility index (Phi) is 5.28. The average molecular weight is 420 g/mol. The van der Waals surface area contributed by atoms with Crippen LogP contribution >= 0.6 is 11.3 Å². The van der Waals surface area contributed by atoms with Crippen molar-refractivity contribution in [1.29, 1.82) is 0 Å². The number of nitrogens with two attached hydrogens (primary N) is 1. The first kappa shape index (κ1) is 19.7. The third-order valence-electron chi connectivity index (χ3n) is 4.90. The van der Waals surface area contributed by atoms with Gasteiger partial charge in [-0.25, -0.2) is 14.5 Å². The van der Waals surface area contributed by atoms with Gasteiger partial charge in [0.25, 0.3) is 5.91 Å². The van der Waals surface area contributed by atoms with E-state index in [1.807, 2.05) is 49.6 Å². The molecule has 0 spiro atoms. The van der Waals surface area contributed by atoms with E-state index in [9.17, 15) is 9.59 Å². The zero-order valence-corrected chi connectivity index (χ0v) is 17.4. The van der Waals surface area contributed by atoms with Crippen molar-refractivity contribution in [3.05, 3.63) is 64.4 Å². The normalized spacial score (nSPS) is 11.0. The van der Waals surface area contributed by atoms with Crippen LogP contribution in [0, 0.1) is 13.8 Å². The fourth-order valence-electron chi connectivity index (χ4n) is 3.34. The molecule has 30 heavy (non-hydrogen) atoms. The average Bonchev–Trinajstić information content (AvgIpc) is 3.35. The Morgan fingerprint density at radius 1 is 1.17 bits per heavy atom. The van der Waals surface area contributed by atoms with Crippen molar-refractivity contribution in [2.24, 2.45) is 5.73 Å². The number of benzene rings is 1. The topological polar surface area (TPSA) is 115 Å². The number of primary amides is 1. The predicted octanol–water partition coefficient (Wildman–Crippen LogP) is 3.14. The van der Waals surface area contributed by atoms with Crippen LogP contribution in [0.5, 0.6) is 0 Å². The Hall–Kier alpha value is -3.59. The summed E-state index contributed by atoms with van der Waals surface area (Å²) >= 11 is 1.39. The first-order valence-electron chi connectivity index (χ1n) is 9.38. The molecular formula is C21H20N6O2S. The molecule has 0 saturated heterocycles. The number of anilines is 1. The lowest BCUT2D eigenvalue weighted by molar-refractivity contribution is -0.116. The third-order valence-corrected chi connectivity index (χ3v) is 5.65. The Bertz CT molecular complexity index is 1250. The monoisotopic (exact) mass is 420 g/mol. The number of hydrogen-bond donors (Lipinski definition) is 2. The molecule has 0 aliphatic heterocycles. The minimum absolute atomic E-state index is 0.124. The Morgan fingerprint density at radius 3 is 2.67 bits per heavy atom. The number of nitrogens with zero attached hydrogens (tertiary/aromatic N) is 4. The molecule has 0 radical (unpaired) electrons. The van der Waals surface area contributed by atoms with Gasteiger partial charge in [-0.1, -0.05) is 30.3 Å². The number of aryl methyl sites for hydroxylation is 2. The van der Waals surface area contributed by atoms with E-state index >= 15 is 0 Å². The number of amides is 2. The van der Waals surface area contributed by atoms with E-state index < -0.39 is 5.91 Å². The van der Waals surface area contributed by atoms with E-state index in [0.29, 0.717) is 17.2 Å². The molecule has 0 atom stereocenters. The first-order chi connectivity index (χ1) is 14.4. The molecule has 3 N–H and O–H groups in total. The van der Waals surface area contributed by atoms with E-state index in [2.05, 4.69) is 20.4 Å². The Morgan fingerprint density at radius 2 is 1.93 bits per heavy atom. The maximum atomic E-state index is 12.5. The molecule has 3 aromatic heterocycles. The highest BCUT2D eigenvalue weighted by atomic mass is 32.1. The van der Waals surface area contributed by atoms with Crippen LogP contribution in [-0.2, 0) is 11.2 Å². The number of nitrogens with one attached hydrogen (secondary N) is 1. The first-order valence-corrected chi connectivity index (χ1v) is 10.3. The molecule has 0 saturated carbocycles. The van der Waals surface area contributed by atoms with Crippen molar-refractivity contribution in [2.45, 2.75) is 26.7 Å². The SMILES string of the molecule is Cc1nc2c(C(N)=O)cnn2c(C)c1CCC(=O)Nc1nc(-c2ccccc2)cs1. The summed E-state index contributed by atoms with van der Waals surface area (Å²) in [5, 5.41) is 9.56. The molecule has 4 aromatic rings. The number of thiazole rings is 1. The summed E-state index contributed by atoms with van der Waals surface area (Å²) in [6.07, 6.45) is 2.19. The molecule has 3 heterocycles. The highest BCUT2D eigenvalue weighted by Crippen LogP contribution is 2.25. The smallest absolute Gasteiger partial charge is 0.254 e. The highest BCUT2D eigenvalue weighted by Gasteiger charge is 2.17. The van der Waals surface area contributed by atoms with Gasteiger partial charge in [0.2, 0.25) is 5.91 Å². The van der Waals surface area contributed by atoms with Gasteiger partial charge in [-0.05, 0) is 25.8 Å². The lowest BCUT2D eigenvalue weighted by Crippen LogP contribution is -2.15. The minimum Gasteiger partial charge on any atom is -0.365 e. The highest BCUT2D eigenvalue weighted by molar-refractivity contribution is 7.14. The summed E-state index contributed by atoms with van der Waals surface area (Å²) in [6, 6.07) is 9.82. The summed E-state index contributed by atoms with van der Waals surface area (Å²) in [6.45, 7) is 3.74. The van der Waals surface area contributed by atoms with Crippen LogP contribution in [0.1, 0.15) is 33.7 Å². The van der Waals surface area contributed by atoms with Crippen molar-refractivity contribution in [2.75, 3.05) is 5.32 Å². The summed E-state index contributed by atoms with van der Waals surface area (Å²) in [5.74, 6) is -0.692.